The Labute approximate surface area is 95.2 Å². The first-order valence-corrected chi connectivity index (χ1v) is 6.80. The molecule has 1 heteroatoms. The number of nitrogens with zero attached hydrogens (tertiary/aromatic N) is 1. The van der Waals surface area contributed by atoms with Gasteiger partial charge in [0, 0.05) is 6.04 Å². The molecule has 1 nitrogen and oxygen atoms in total. The number of piperidine rings is 2. The van der Waals surface area contributed by atoms with Gasteiger partial charge < -0.3 is 4.90 Å². The van der Waals surface area contributed by atoms with E-state index in [0.717, 1.165) is 12.0 Å². The van der Waals surface area contributed by atoms with Crippen LogP contribution in [0.1, 0.15) is 59.3 Å². The van der Waals surface area contributed by atoms with E-state index >= 15 is 0 Å². The first kappa shape index (κ1) is 11.4. The van der Waals surface area contributed by atoms with E-state index < -0.39 is 0 Å². The third-order valence-electron chi connectivity index (χ3n) is 4.10. The van der Waals surface area contributed by atoms with Crippen molar-refractivity contribution in [1.82, 2.24) is 4.90 Å². The average molecular weight is 209 g/mol. The first-order chi connectivity index (χ1) is 7.06. The molecule has 88 valence electrons. The van der Waals surface area contributed by atoms with E-state index in [2.05, 4.69) is 25.7 Å². The second kappa shape index (κ2) is 4.45. The second-order valence-electron chi connectivity index (χ2n) is 6.77. The number of hydrogen-bond donors (Lipinski definition) is 0. The molecule has 2 atom stereocenters. The summed E-state index contributed by atoms with van der Waals surface area (Å²) >= 11 is 0. The van der Waals surface area contributed by atoms with E-state index in [0.29, 0.717) is 5.41 Å². The van der Waals surface area contributed by atoms with E-state index in [4.69, 9.17) is 0 Å². The summed E-state index contributed by atoms with van der Waals surface area (Å²) in [4.78, 5) is 2.78. The van der Waals surface area contributed by atoms with Crippen LogP contribution in [0, 0.1) is 11.3 Å². The van der Waals surface area contributed by atoms with Gasteiger partial charge in [-0.25, -0.2) is 0 Å². The molecule has 0 aliphatic carbocycles. The van der Waals surface area contributed by atoms with Crippen LogP contribution in [0.25, 0.3) is 0 Å². The molecule has 0 N–H and O–H groups in total. The molecular formula is C14H27N. The lowest BCUT2D eigenvalue weighted by atomic mass is 9.75. The lowest BCUT2D eigenvalue weighted by Crippen LogP contribution is -2.48. The van der Waals surface area contributed by atoms with Crippen LogP contribution < -0.4 is 0 Å². The van der Waals surface area contributed by atoms with Gasteiger partial charge in [0.05, 0.1) is 0 Å². The average Bonchev–Trinajstić information content (AvgIpc) is 2.16. The maximum absolute atomic E-state index is 2.78. The van der Waals surface area contributed by atoms with Crippen LogP contribution in [0.2, 0.25) is 0 Å². The van der Waals surface area contributed by atoms with E-state index in [1.807, 2.05) is 0 Å². The molecule has 2 saturated heterocycles. The fourth-order valence-corrected chi connectivity index (χ4v) is 3.60. The van der Waals surface area contributed by atoms with Gasteiger partial charge in [-0.05, 0) is 56.5 Å². The van der Waals surface area contributed by atoms with Crippen molar-refractivity contribution in [2.75, 3.05) is 13.1 Å². The minimum atomic E-state index is 0.519. The van der Waals surface area contributed by atoms with Gasteiger partial charge in [-0.15, -0.1) is 0 Å². The summed E-state index contributed by atoms with van der Waals surface area (Å²) in [6, 6.07) is 0.937. The van der Waals surface area contributed by atoms with Crippen molar-refractivity contribution in [3.63, 3.8) is 0 Å². The van der Waals surface area contributed by atoms with Gasteiger partial charge in [-0.2, -0.15) is 0 Å². The highest BCUT2D eigenvalue weighted by molar-refractivity contribution is 4.88. The number of hydrogen-bond acceptors (Lipinski definition) is 1. The Hall–Kier alpha value is -0.0400. The van der Waals surface area contributed by atoms with E-state index in [-0.39, 0.29) is 0 Å². The van der Waals surface area contributed by atoms with Crippen molar-refractivity contribution >= 4 is 0 Å². The summed E-state index contributed by atoms with van der Waals surface area (Å²) in [6.07, 6.45) is 8.74. The molecule has 2 aliphatic rings. The Morgan fingerprint density at radius 1 is 1.00 bits per heavy atom. The fourth-order valence-electron chi connectivity index (χ4n) is 3.60. The highest BCUT2D eigenvalue weighted by Gasteiger charge is 2.34. The zero-order valence-corrected chi connectivity index (χ0v) is 10.8. The predicted molar refractivity (Wildman–Crippen MR) is 66.0 cm³/mol. The summed E-state index contributed by atoms with van der Waals surface area (Å²) in [5.41, 5.74) is 0.519. The van der Waals surface area contributed by atoms with Crippen molar-refractivity contribution < 1.29 is 0 Å². The first-order valence-electron chi connectivity index (χ1n) is 6.80. The van der Waals surface area contributed by atoms with Gasteiger partial charge in [0.25, 0.3) is 0 Å². The maximum atomic E-state index is 2.78. The van der Waals surface area contributed by atoms with Crippen molar-refractivity contribution in [3.05, 3.63) is 0 Å². The molecule has 0 bridgehead atoms. The molecule has 0 aromatic heterocycles. The molecule has 0 spiro atoms. The summed E-state index contributed by atoms with van der Waals surface area (Å²) in [6.45, 7) is 9.95. The van der Waals surface area contributed by atoms with Crippen LogP contribution in [-0.4, -0.2) is 24.0 Å². The van der Waals surface area contributed by atoms with Crippen molar-refractivity contribution in [1.29, 1.82) is 0 Å². The fraction of sp³-hybridized carbons (Fsp3) is 1.00. The van der Waals surface area contributed by atoms with Crippen LogP contribution in [0.4, 0.5) is 0 Å². The van der Waals surface area contributed by atoms with Crippen molar-refractivity contribution in [2.45, 2.75) is 65.3 Å². The lowest BCUT2D eigenvalue weighted by molar-refractivity contribution is 0.0408. The zero-order chi connectivity index (χ0) is 10.9. The molecule has 0 saturated carbocycles. The Bertz CT molecular complexity index is 202. The Morgan fingerprint density at radius 3 is 2.47 bits per heavy atom. The molecular weight excluding hydrogens is 182 g/mol. The van der Waals surface area contributed by atoms with Crippen molar-refractivity contribution in [3.8, 4) is 0 Å². The standard InChI is InChI=1S/C14H27N/c1-14(2,3)11-12-7-6-10-15-9-5-4-8-13(12)15/h12-13H,4-11H2,1-3H3. The Morgan fingerprint density at radius 2 is 1.73 bits per heavy atom. The smallest absolute Gasteiger partial charge is 0.0124 e. The summed E-state index contributed by atoms with van der Waals surface area (Å²) in [7, 11) is 0. The van der Waals surface area contributed by atoms with Gasteiger partial charge in [-0.1, -0.05) is 27.2 Å². The molecule has 0 radical (unpaired) electrons. The Balaban J connectivity index is 1.97. The lowest BCUT2D eigenvalue weighted by Gasteiger charge is -2.46. The van der Waals surface area contributed by atoms with Crippen LogP contribution in [0.5, 0.6) is 0 Å². The van der Waals surface area contributed by atoms with Crippen LogP contribution in [-0.2, 0) is 0 Å². The maximum Gasteiger partial charge on any atom is 0.0124 e. The van der Waals surface area contributed by atoms with Crippen LogP contribution in [0.3, 0.4) is 0 Å². The summed E-state index contributed by atoms with van der Waals surface area (Å²) < 4.78 is 0. The molecule has 2 heterocycles. The van der Waals surface area contributed by atoms with Gasteiger partial charge in [0.2, 0.25) is 0 Å². The topological polar surface area (TPSA) is 3.24 Å². The second-order valence-corrected chi connectivity index (χ2v) is 6.77. The Kier molecular flexibility index (Phi) is 3.39. The van der Waals surface area contributed by atoms with Gasteiger partial charge in [-0.3, -0.25) is 0 Å². The summed E-state index contributed by atoms with van der Waals surface area (Å²) in [5, 5.41) is 0. The molecule has 0 aromatic rings. The SMILES string of the molecule is CC(C)(C)CC1CCCN2CCCCC12. The molecule has 0 amide bonds. The minimum Gasteiger partial charge on any atom is -0.300 e. The zero-order valence-electron chi connectivity index (χ0n) is 10.8. The largest absolute Gasteiger partial charge is 0.300 e. The molecule has 2 aliphatic heterocycles. The molecule has 2 fully saturated rings. The molecule has 2 rings (SSSR count). The summed E-state index contributed by atoms with van der Waals surface area (Å²) in [5.74, 6) is 0.985. The van der Waals surface area contributed by atoms with E-state index in [9.17, 15) is 0 Å². The molecule has 0 aromatic carbocycles. The highest BCUT2D eigenvalue weighted by atomic mass is 15.2. The quantitative estimate of drug-likeness (QED) is 0.636. The molecule has 15 heavy (non-hydrogen) atoms. The van der Waals surface area contributed by atoms with Crippen molar-refractivity contribution in [2.24, 2.45) is 11.3 Å². The van der Waals surface area contributed by atoms with E-state index in [1.54, 1.807) is 0 Å². The number of rotatable bonds is 1. The minimum absolute atomic E-state index is 0.519. The van der Waals surface area contributed by atoms with Crippen LogP contribution >= 0.6 is 0 Å². The monoisotopic (exact) mass is 209 g/mol. The van der Waals surface area contributed by atoms with E-state index in [1.165, 1.54) is 51.6 Å². The molecule has 2 unspecified atom stereocenters. The third kappa shape index (κ3) is 2.96. The van der Waals surface area contributed by atoms with Gasteiger partial charge >= 0.3 is 0 Å². The van der Waals surface area contributed by atoms with Gasteiger partial charge in [0.1, 0.15) is 0 Å². The highest BCUT2D eigenvalue weighted by Crippen LogP contribution is 2.37. The normalized spacial score (nSPS) is 33.8. The predicted octanol–water partition coefficient (Wildman–Crippen LogP) is 3.69. The van der Waals surface area contributed by atoms with Crippen LogP contribution in [0.15, 0.2) is 0 Å². The van der Waals surface area contributed by atoms with Gasteiger partial charge in [0.15, 0.2) is 0 Å². The third-order valence-corrected chi connectivity index (χ3v) is 4.10. The number of fused-ring (bicyclic) bond motifs is 1.